The highest BCUT2D eigenvalue weighted by Crippen LogP contribution is 2.28. The van der Waals surface area contributed by atoms with E-state index in [2.05, 4.69) is 10.2 Å². The number of likely N-dealkylation sites (tertiary alicyclic amines) is 1. The molecule has 3 aromatic rings. The summed E-state index contributed by atoms with van der Waals surface area (Å²) >= 11 is 0. The molecule has 29 heavy (non-hydrogen) atoms. The number of piperidine rings is 1. The number of phenols is 1. The molecule has 6 heteroatoms. The van der Waals surface area contributed by atoms with Gasteiger partial charge in [0.05, 0.1) is 5.69 Å². The van der Waals surface area contributed by atoms with Crippen LogP contribution in [0.1, 0.15) is 35.3 Å². The van der Waals surface area contributed by atoms with Crippen LogP contribution in [0.4, 0.5) is 4.39 Å². The molecule has 0 unspecified atom stereocenters. The highest BCUT2D eigenvalue weighted by molar-refractivity contribution is 5.93. The van der Waals surface area contributed by atoms with Crippen molar-refractivity contribution in [3.05, 3.63) is 71.7 Å². The summed E-state index contributed by atoms with van der Waals surface area (Å²) in [5.41, 5.74) is 2.28. The molecule has 1 saturated heterocycles. The second kappa shape index (κ2) is 8.47. The molecular formula is C23H24FN3O2. The predicted molar refractivity (Wildman–Crippen MR) is 109 cm³/mol. The number of aromatic nitrogens is 2. The minimum atomic E-state index is -0.162. The fraction of sp³-hybridized carbons (Fsp3) is 0.304. The molecule has 0 spiro atoms. The molecule has 1 aliphatic heterocycles. The molecule has 1 amide bonds. The lowest BCUT2D eigenvalue weighted by Gasteiger charge is -2.32. The Balaban J connectivity index is 1.40. The van der Waals surface area contributed by atoms with Crippen molar-refractivity contribution in [1.29, 1.82) is 0 Å². The largest absolute Gasteiger partial charge is 0.507 e. The highest BCUT2D eigenvalue weighted by atomic mass is 19.1. The van der Waals surface area contributed by atoms with Gasteiger partial charge in [-0.25, -0.2) is 4.39 Å². The Kier molecular flexibility index (Phi) is 5.60. The van der Waals surface area contributed by atoms with E-state index in [1.165, 1.54) is 6.07 Å². The number of aryl methyl sites for hydroxylation is 1. The number of phenolic OH excluding ortho intramolecular Hbond substituents is 1. The van der Waals surface area contributed by atoms with E-state index in [9.17, 15) is 14.3 Å². The van der Waals surface area contributed by atoms with Crippen LogP contribution in [-0.2, 0) is 6.42 Å². The van der Waals surface area contributed by atoms with Crippen LogP contribution in [0.3, 0.4) is 0 Å². The maximum absolute atomic E-state index is 13.8. The van der Waals surface area contributed by atoms with Crippen molar-refractivity contribution in [2.45, 2.75) is 25.7 Å². The van der Waals surface area contributed by atoms with E-state index in [0.29, 0.717) is 42.4 Å². The Labute approximate surface area is 169 Å². The molecule has 2 aromatic carbocycles. The van der Waals surface area contributed by atoms with Crippen LogP contribution in [0.15, 0.2) is 54.6 Å². The first-order valence-electron chi connectivity index (χ1n) is 9.98. The number of H-pyrrole nitrogens is 1. The second-order valence-corrected chi connectivity index (χ2v) is 7.57. The fourth-order valence-corrected chi connectivity index (χ4v) is 3.98. The smallest absolute Gasteiger partial charge is 0.271 e. The third-order valence-corrected chi connectivity index (χ3v) is 5.57. The number of amides is 1. The molecule has 2 N–H and O–H groups in total. The minimum absolute atomic E-state index is 0.0882. The summed E-state index contributed by atoms with van der Waals surface area (Å²) in [4.78, 5) is 14.8. The normalized spacial score (nSPS) is 16.7. The summed E-state index contributed by atoms with van der Waals surface area (Å²) in [5, 5.41) is 17.0. The number of nitrogens with zero attached hydrogens (tertiary/aromatic N) is 2. The molecule has 1 aliphatic rings. The number of rotatable bonds is 5. The molecule has 0 bridgehead atoms. The second-order valence-electron chi connectivity index (χ2n) is 7.57. The molecule has 0 radical (unpaired) electrons. The van der Waals surface area contributed by atoms with Crippen LogP contribution in [-0.4, -0.2) is 39.2 Å². The van der Waals surface area contributed by atoms with E-state index < -0.39 is 0 Å². The van der Waals surface area contributed by atoms with Crippen molar-refractivity contribution in [3.63, 3.8) is 0 Å². The molecule has 2 heterocycles. The van der Waals surface area contributed by atoms with Crippen LogP contribution >= 0.6 is 0 Å². The van der Waals surface area contributed by atoms with Gasteiger partial charge >= 0.3 is 0 Å². The molecule has 1 fully saturated rings. The SMILES string of the molecule is O=C(c1cc(-c2ccccc2O)n[nH]1)N1CCC[C@@H](CCc2ccccc2F)C1. The maximum Gasteiger partial charge on any atom is 0.271 e. The minimum Gasteiger partial charge on any atom is -0.507 e. The maximum atomic E-state index is 13.8. The number of hydrogen-bond acceptors (Lipinski definition) is 3. The van der Waals surface area contributed by atoms with Gasteiger partial charge in [0.2, 0.25) is 0 Å². The highest BCUT2D eigenvalue weighted by Gasteiger charge is 2.26. The van der Waals surface area contributed by atoms with Crippen molar-refractivity contribution < 1.29 is 14.3 Å². The van der Waals surface area contributed by atoms with Gasteiger partial charge in [0.25, 0.3) is 5.91 Å². The number of benzene rings is 2. The Morgan fingerprint density at radius 1 is 1.21 bits per heavy atom. The van der Waals surface area contributed by atoms with Crippen LogP contribution in [0.5, 0.6) is 5.75 Å². The zero-order valence-electron chi connectivity index (χ0n) is 16.1. The summed E-state index contributed by atoms with van der Waals surface area (Å²) in [7, 11) is 0. The number of aromatic amines is 1. The standard InChI is InChI=1S/C23H24FN3O2/c24-19-9-3-1-7-17(19)12-11-16-6-5-13-27(15-16)23(29)21-14-20(25-26-21)18-8-2-4-10-22(18)28/h1-4,7-10,14,16,28H,5-6,11-13,15H2,(H,25,26)/t16-/m0/s1. The van der Waals surface area contributed by atoms with Crippen molar-refractivity contribution >= 4 is 5.91 Å². The number of para-hydroxylation sites is 1. The van der Waals surface area contributed by atoms with Crippen LogP contribution in [0.2, 0.25) is 0 Å². The van der Waals surface area contributed by atoms with Gasteiger partial charge in [0, 0.05) is 18.7 Å². The number of nitrogens with one attached hydrogen (secondary N) is 1. The summed E-state index contributed by atoms with van der Waals surface area (Å²) < 4.78 is 13.8. The van der Waals surface area contributed by atoms with Gasteiger partial charge < -0.3 is 10.0 Å². The molecule has 0 saturated carbocycles. The third-order valence-electron chi connectivity index (χ3n) is 5.57. The Hall–Kier alpha value is -3.15. The predicted octanol–water partition coefficient (Wildman–Crippen LogP) is 4.41. The number of carbonyl (C=O) groups is 1. The molecular weight excluding hydrogens is 369 g/mol. The first-order chi connectivity index (χ1) is 14.1. The van der Waals surface area contributed by atoms with E-state index in [1.54, 1.807) is 30.3 Å². The van der Waals surface area contributed by atoms with Gasteiger partial charge in [0.15, 0.2) is 0 Å². The summed E-state index contributed by atoms with van der Waals surface area (Å²) in [6.45, 7) is 1.37. The van der Waals surface area contributed by atoms with Crippen molar-refractivity contribution in [2.24, 2.45) is 5.92 Å². The van der Waals surface area contributed by atoms with E-state index >= 15 is 0 Å². The third kappa shape index (κ3) is 4.31. The van der Waals surface area contributed by atoms with Crippen molar-refractivity contribution in [2.75, 3.05) is 13.1 Å². The van der Waals surface area contributed by atoms with Gasteiger partial charge in [-0.15, -0.1) is 0 Å². The van der Waals surface area contributed by atoms with Gasteiger partial charge in [-0.1, -0.05) is 30.3 Å². The van der Waals surface area contributed by atoms with Gasteiger partial charge in [-0.3, -0.25) is 9.89 Å². The lowest BCUT2D eigenvalue weighted by atomic mass is 9.91. The van der Waals surface area contributed by atoms with Gasteiger partial charge in [-0.2, -0.15) is 5.10 Å². The zero-order chi connectivity index (χ0) is 20.2. The Morgan fingerprint density at radius 3 is 2.83 bits per heavy atom. The van der Waals surface area contributed by atoms with Crippen LogP contribution in [0.25, 0.3) is 11.3 Å². The fourth-order valence-electron chi connectivity index (χ4n) is 3.98. The summed E-state index contributed by atoms with van der Waals surface area (Å²) in [6.07, 6.45) is 3.52. The molecule has 150 valence electrons. The lowest BCUT2D eigenvalue weighted by Crippen LogP contribution is -2.40. The van der Waals surface area contributed by atoms with Gasteiger partial charge in [0.1, 0.15) is 17.3 Å². The van der Waals surface area contributed by atoms with Crippen molar-refractivity contribution in [1.82, 2.24) is 15.1 Å². The average molecular weight is 393 g/mol. The number of aromatic hydroxyl groups is 1. The number of halogens is 1. The molecule has 1 aromatic heterocycles. The first-order valence-corrected chi connectivity index (χ1v) is 9.98. The van der Waals surface area contributed by atoms with Crippen molar-refractivity contribution in [3.8, 4) is 17.0 Å². The average Bonchev–Trinajstić information content (AvgIpc) is 3.23. The molecule has 0 aliphatic carbocycles. The van der Waals surface area contributed by atoms with E-state index in [1.807, 2.05) is 23.1 Å². The Bertz CT molecular complexity index is 1000. The molecule has 1 atom stereocenters. The van der Waals surface area contributed by atoms with Gasteiger partial charge in [-0.05, 0) is 61.4 Å². The quantitative estimate of drug-likeness (QED) is 0.675. The topological polar surface area (TPSA) is 69.2 Å². The van der Waals surface area contributed by atoms with E-state index in [-0.39, 0.29) is 17.5 Å². The van der Waals surface area contributed by atoms with Crippen LogP contribution in [0, 0.1) is 11.7 Å². The number of carbonyl (C=O) groups excluding carboxylic acids is 1. The summed E-state index contributed by atoms with van der Waals surface area (Å²) in [6, 6.07) is 15.5. The lowest BCUT2D eigenvalue weighted by molar-refractivity contribution is 0.0662. The first kappa shape index (κ1) is 19.2. The Morgan fingerprint density at radius 2 is 2.00 bits per heavy atom. The molecule has 4 rings (SSSR count). The summed E-state index contributed by atoms with van der Waals surface area (Å²) in [5.74, 6) is 0.234. The molecule has 5 nitrogen and oxygen atoms in total. The van der Waals surface area contributed by atoms with E-state index in [4.69, 9.17) is 0 Å². The van der Waals surface area contributed by atoms with E-state index in [0.717, 1.165) is 24.8 Å². The number of hydrogen-bond donors (Lipinski definition) is 2. The van der Waals surface area contributed by atoms with Crippen LogP contribution < -0.4 is 0 Å². The monoisotopic (exact) mass is 393 g/mol. The zero-order valence-corrected chi connectivity index (χ0v) is 16.1.